The van der Waals surface area contributed by atoms with Crippen LogP contribution < -0.4 is 0 Å². The summed E-state index contributed by atoms with van der Waals surface area (Å²) in [5.41, 5.74) is 1.17. The zero-order valence-corrected chi connectivity index (χ0v) is 8.83. The maximum absolute atomic E-state index is 4.41. The zero-order valence-electron chi connectivity index (χ0n) is 8.83. The molecule has 4 heteroatoms. The van der Waals surface area contributed by atoms with Crippen LogP contribution in [0.2, 0.25) is 0 Å². The van der Waals surface area contributed by atoms with Gasteiger partial charge >= 0.3 is 0 Å². The van der Waals surface area contributed by atoms with Crippen molar-refractivity contribution in [2.75, 3.05) is 0 Å². The Labute approximate surface area is 92.6 Å². The maximum atomic E-state index is 4.41. The molecule has 78 valence electrons. The third kappa shape index (κ3) is 1.27. The monoisotopic (exact) mass is 210 g/mol. The van der Waals surface area contributed by atoms with Crippen LogP contribution in [0.4, 0.5) is 0 Å². The Morgan fingerprint density at radius 2 is 1.94 bits per heavy atom. The fourth-order valence-electron chi connectivity index (χ4n) is 1.82. The van der Waals surface area contributed by atoms with E-state index in [9.17, 15) is 0 Å². The van der Waals surface area contributed by atoms with Gasteiger partial charge in [0.25, 0.3) is 0 Å². The minimum absolute atomic E-state index is 0.818. The first-order valence-electron chi connectivity index (χ1n) is 5.05. The highest BCUT2D eigenvalue weighted by Crippen LogP contribution is 2.21. The van der Waals surface area contributed by atoms with E-state index in [0.29, 0.717) is 0 Å². The molecule has 0 bridgehead atoms. The lowest BCUT2D eigenvalue weighted by Gasteiger charge is -2.06. The molecule has 0 fully saturated rings. The van der Waals surface area contributed by atoms with Crippen LogP contribution in [0.1, 0.15) is 5.56 Å². The molecular weight excluding hydrogens is 200 g/mol. The summed E-state index contributed by atoms with van der Waals surface area (Å²) in [6.07, 6.45) is 5.03. The van der Waals surface area contributed by atoms with Crippen LogP contribution in [0.15, 0.2) is 43.1 Å². The van der Waals surface area contributed by atoms with Crippen LogP contribution in [-0.4, -0.2) is 19.7 Å². The average Bonchev–Trinajstić information content (AvgIpc) is 2.83. The molecular formula is C12H10N4. The number of hydrogen-bond donors (Lipinski definition) is 0. The van der Waals surface area contributed by atoms with Crippen LogP contribution in [0.3, 0.4) is 0 Å². The second-order valence-electron chi connectivity index (χ2n) is 3.65. The third-order valence-electron chi connectivity index (χ3n) is 2.61. The Kier molecular flexibility index (Phi) is 1.93. The van der Waals surface area contributed by atoms with Crippen molar-refractivity contribution in [2.45, 2.75) is 6.92 Å². The number of aromatic nitrogens is 4. The summed E-state index contributed by atoms with van der Waals surface area (Å²) < 4.78 is 1.68. The summed E-state index contributed by atoms with van der Waals surface area (Å²) in [7, 11) is 0. The molecule has 0 saturated heterocycles. The van der Waals surface area contributed by atoms with Crippen LogP contribution in [0, 0.1) is 6.92 Å². The van der Waals surface area contributed by atoms with Crippen molar-refractivity contribution >= 4 is 10.8 Å². The molecule has 0 aliphatic heterocycles. The number of fused-ring (bicyclic) bond motifs is 1. The highest BCUT2D eigenvalue weighted by atomic mass is 15.3. The zero-order chi connectivity index (χ0) is 11.0. The topological polar surface area (TPSA) is 43.6 Å². The van der Waals surface area contributed by atoms with Crippen molar-refractivity contribution < 1.29 is 0 Å². The number of pyridine rings is 1. The lowest BCUT2D eigenvalue weighted by atomic mass is 10.1. The number of benzene rings is 1. The molecule has 0 spiro atoms. The third-order valence-corrected chi connectivity index (χ3v) is 2.61. The fraction of sp³-hybridized carbons (Fsp3) is 0.0833. The first-order chi connectivity index (χ1) is 7.86. The van der Waals surface area contributed by atoms with E-state index in [1.54, 1.807) is 11.0 Å². The standard InChI is InChI=1S/C12H10N4/c1-9-6-14-12(16-8-13-7-15-16)11-5-3-2-4-10(9)11/h2-8H,1H3. The Balaban J connectivity index is 2.39. The van der Waals surface area contributed by atoms with E-state index in [2.05, 4.69) is 28.1 Å². The molecule has 0 N–H and O–H groups in total. The highest BCUT2D eigenvalue weighted by molar-refractivity contribution is 5.90. The van der Waals surface area contributed by atoms with Gasteiger partial charge in [0.2, 0.25) is 0 Å². The second-order valence-corrected chi connectivity index (χ2v) is 3.65. The minimum Gasteiger partial charge on any atom is -0.236 e. The predicted molar refractivity (Wildman–Crippen MR) is 61.4 cm³/mol. The maximum Gasteiger partial charge on any atom is 0.163 e. The molecule has 0 atom stereocenters. The average molecular weight is 210 g/mol. The summed E-state index contributed by atoms with van der Waals surface area (Å²) in [6, 6.07) is 8.17. The number of rotatable bonds is 1. The van der Waals surface area contributed by atoms with Crippen molar-refractivity contribution in [3.63, 3.8) is 0 Å². The van der Waals surface area contributed by atoms with E-state index in [-0.39, 0.29) is 0 Å². The van der Waals surface area contributed by atoms with E-state index in [1.807, 2.05) is 24.4 Å². The summed E-state index contributed by atoms with van der Waals surface area (Å²) in [4.78, 5) is 8.35. The molecule has 2 heterocycles. The normalized spacial score (nSPS) is 10.8. The van der Waals surface area contributed by atoms with Gasteiger partial charge < -0.3 is 0 Å². The van der Waals surface area contributed by atoms with Gasteiger partial charge in [-0.1, -0.05) is 24.3 Å². The van der Waals surface area contributed by atoms with Crippen LogP contribution >= 0.6 is 0 Å². The van der Waals surface area contributed by atoms with Gasteiger partial charge in [-0.2, -0.15) is 5.10 Å². The lowest BCUT2D eigenvalue weighted by molar-refractivity contribution is 0.853. The first kappa shape index (κ1) is 9.03. The van der Waals surface area contributed by atoms with Crippen LogP contribution in [-0.2, 0) is 0 Å². The van der Waals surface area contributed by atoms with Crippen molar-refractivity contribution in [3.05, 3.63) is 48.7 Å². The molecule has 2 aromatic heterocycles. The molecule has 0 saturated carbocycles. The van der Waals surface area contributed by atoms with Gasteiger partial charge in [-0.15, -0.1) is 0 Å². The molecule has 3 rings (SSSR count). The SMILES string of the molecule is Cc1cnc(-n2cncn2)c2ccccc12. The Morgan fingerprint density at radius 1 is 1.12 bits per heavy atom. The number of nitrogens with zero attached hydrogens (tertiary/aromatic N) is 4. The Bertz CT molecular complexity index is 629. The molecule has 0 unspecified atom stereocenters. The van der Waals surface area contributed by atoms with E-state index < -0.39 is 0 Å². The molecule has 3 aromatic rings. The summed E-state index contributed by atoms with van der Waals surface area (Å²) in [5, 5.41) is 6.40. The quantitative estimate of drug-likeness (QED) is 0.618. The minimum atomic E-state index is 0.818. The van der Waals surface area contributed by atoms with Gasteiger partial charge in [0.05, 0.1) is 0 Å². The molecule has 0 aliphatic rings. The molecule has 0 aliphatic carbocycles. The van der Waals surface area contributed by atoms with E-state index in [4.69, 9.17) is 0 Å². The molecule has 1 aromatic carbocycles. The van der Waals surface area contributed by atoms with Gasteiger partial charge in [0.1, 0.15) is 12.7 Å². The first-order valence-corrected chi connectivity index (χ1v) is 5.05. The fourth-order valence-corrected chi connectivity index (χ4v) is 1.82. The summed E-state index contributed by atoms with van der Waals surface area (Å²) in [5.74, 6) is 0.818. The molecule has 0 radical (unpaired) electrons. The van der Waals surface area contributed by atoms with Crippen molar-refractivity contribution in [3.8, 4) is 5.82 Å². The van der Waals surface area contributed by atoms with Gasteiger partial charge in [0, 0.05) is 11.6 Å². The Morgan fingerprint density at radius 3 is 2.69 bits per heavy atom. The smallest absolute Gasteiger partial charge is 0.163 e. The summed E-state index contributed by atoms with van der Waals surface area (Å²) >= 11 is 0. The van der Waals surface area contributed by atoms with E-state index in [0.717, 1.165) is 11.2 Å². The predicted octanol–water partition coefficient (Wildman–Crippen LogP) is 2.12. The molecule has 16 heavy (non-hydrogen) atoms. The molecule has 4 nitrogen and oxygen atoms in total. The molecule has 0 amide bonds. The van der Waals surface area contributed by atoms with Crippen molar-refractivity contribution in [1.29, 1.82) is 0 Å². The van der Waals surface area contributed by atoms with Gasteiger partial charge in [-0.25, -0.2) is 14.6 Å². The van der Waals surface area contributed by atoms with Crippen LogP contribution in [0.5, 0.6) is 0 Å². The lowest BCUT2D eigenvalue weighted by Crippen LogP contribution is -1.99. The highest BCUT2D eigenvalue weighted by Gasteiger charge is 2.06. The van der Waals surface area contributed by atoms with Gasteiger partial charge in [-0.3, -0.25) is 0 Å². The number of hydrogen-bond acceptors (Lipinski definition) is 3. The second kappa shape index (κ2) is 3.41. The largest absolute Gasteiger partial charge is 0.236 e. The van der Waals surface area contributed by atoms with Crippen molar-refractivity contribution in [1.82, 2.24) is 19.7 Å². The van der Waals surface area contributed by atoms with Gasteiger partial charge in [-0.05, 0) is 17.9 Å². The Hall–Kier alpha value is -2.23. The number of aryl methyl sites for hydroxylation is 1. The summed E-state index contributed by atoms with van der Waals surface area (Å²) in [6.45, 7) is 2.06. The van der Waals surface area contributed by atoms with E-state index >= 15 is 0 Å². The van der Waals surface area contributed by atoms with Crippen LogP contribution in [0.25, 0.3) is 16.6 Å². The van der Waals surface area contributed by atoms with Crippen molar-refractivity contribution in [2.24, 2.45) is 0 Å². The van der Waals surface area contributed by atoms with Gasteiger partial charge in [0.15, 0.2) is 5.82 Å². The van der Waals surface area contributed by atoms with E-state index in [1.165, 1.54) is 17.3 Å².